The van der Waals surface area contributed by atoms with E-state index in [9.17, 15) is 27.6 Å². The number of hydrogen-bond donors (Lipinski definition) is 1. The molecule has 0 saturated carbocycles. The van der Waals surface area contributed by atoms with Crippen molar-refractivity contribution < 1.29 is 17.7 Å². The van der Waals surface area contributed by atoms with Crippen LogP contribution in [0.3, 0.4) is 0 Å². The molecule has 0 aliphatic rings. The van der Waals surface area contributed by atoms with Crippen molar-refractivity contribution >= 4 is 33.2 Å². The quantitative estimate of drug-likeness (QED) is 0.211. The zero-order chi connectivity index (χ0) is 31.0. The second-order valence-corrected chi connectivity index (χ2v) is 11.7. The van der Waals surface area contributed by atoms with Crippen LogP contribution in [0, 0.1) is 0 Å². The number of hydrogen-bond acceptors (Lipinski definition) is 6. The lowest BCUT2D eigenvalue weighted by Crippen LogP contribution is -2.40. The zero-order valence-corrected chi connectivity index (χ0v) is 24.3. The van der Waals surface area contributed by atoms with E-state index in [0.717, 1.165) is 32.6 Å². The third kappa shape index (κ3) is 6.17. The van der Waals surface area contributed by atoms with Gasteiger partial charge in [0.2, 0.25) is 0 Å². The van der Waals surface area contributed by atoms with Gasteiger partial charge in [-0.15, -0.1) is 11.3 Å². The fraction of sp³-hybridized carbons (Fsp3) is 0.161. The number of aryl methyl sites for hydroxylation is 1. The normalized spacial score (nSPS) is 11.8. The number of halogens is 4. The summed E-state index contributed by atoms with van der Waals surface area (Å²) in [6, 6.07) is 22.7. The van der Waals surface area contributed by atoms with Crippen molar-refractivity contribution in [3.63, 3.8) is 0 Å². The predicted octanol–water partition coefficient (Wildman–Crippen LogP) is 6.28. The number of aromatic nitrogens is 4. The van der Waals surface area contributed by atoms with Crippen LogP contribution >= 0.6 is 22.9 Å². The highest BCUT2D eigenvalue weighted by Crippen LogP contribution is 2.31. The number of nitrogens with one attached hydrogen (secondary N) is 1. The summed E-state index contributed by atoms with van der Waals surface area (Å²) in [4.78, 5) is 41.3. The van der Waals surface area contributed by atoms with Gasteiger partial charge in [-0.3, -0.25) is 23.4 Å². The number of alkyl halides is 3. The highest BCUT2D eigenvalue weighted by Gasteiger charge is 2.29. The summed E-state index contributed by atoms with van der Waals surface area (Å²) in [5, 5.41) is 4.39. The smallest absolute Gasteiger partial charge is 0.296 e. The molecule has 3 aromatic carbocycles. The standard InChI is InChI=1S/C31H22ClF3N4O4S/c32-21-11-7-18(8-12-21)13-14-38-27(40)25-15-22(16-31(33,34)35)44-28(25)39(30(38)42)17-19-5-9-20(10-6-19)23-3-1-2-4-24(23)26-36-29(41)43-37-26/h1-12,15H,13-14,16-17H2,(H,36,37,41). The first-order valence-corrected chi connectivity index (χ1v) is 14.6. The van der Waals surface area contributed by atoms with E-state index in [1.54, 1.807) is 48.5 Å². The Morgan fingerprint density at radius 2 is 1.57 bits per heavy atom. The minimum absolute atomic E-state index is 0.0288. The van der Waals surface area contributed by atoms with Gasteiger partial charge >= 0.3 is 17.6 Å². The molecule has 1 N–H and O–H groups in total. The van der Waals surface area contributed by atoms with Gasteiger partial charge in [0.05, 0.1) is 18.4 Å². The van der Waals surface area contributed by atoms with E-state index in [2.05, 4.69) is 14.7 Å². The third-order valence-corrected chi connectivity index (χ3v) is 8.50. The maximum absolute atomic E-state index is 13.7. The van der Waals surface area contributed by atoms with E-state index in [0.29, 0.717) is 22.6 Å². The molecule has 224 valence electrons. The summed E-state index contributed by atoms with van der Waals surface area (Å²) >= 11 is 6.76. The average Bonchev–Trinajstić information content (AvgIpc) is 3.62. The lowest BCUT2D eigenvalue weighted by atomic mass is 9.98. The molecule has 8 nitrogen and oxygen atoms in total. The first kappa shape index (κ1) is 29.4. The van der Waals surface area contributed by atoms with Crippen LogP contribution in [0.4, 0.5) is 13.2 Å². The van der Waals surface area contributed by atoms with Crippen LogP contribution in [-0.2, 0) is 25.9 Å². The Morgan fingerprint density at radius 1 is 0.886 bits per heavy atom. The Labute approximate surface area is 255 Å². The molecule has 3 heterocycles. The predicted molar refractivity (Wildman–Crippen MR) is 162 cm³/mol. The van der Waals surface area contributed by atoms with E-state index >= 15 is 0 Å². The first-order valence-electron chi connectivity index (χ1n) is 13.4. The summed E-state index contributed by atoms with van der Waals surface area (Å²) in [7, 11) is 0. The minimum Gasteiger partial charge on any atom is -0.296 e. The molecule has 0 unspecified atom stereocenters. The molecule has 13 heteroatoms. The van der Waals surface area contributed by atoms with Gasteiger partial charge in [-0.1, -0.05) is 77.4 Å². The van der Waals surface area contributed by atoms with Crippen molar-refractivity contribution in [2.45, 2.75) is 32.1 Å². The highest BCUT2D eigenvalue weighted by molar-refractivity contribution is 7.18. The van der Waals surface area contributed by atoms with Crippen LogP contribution in [0.25, 0.3) is 32.7 Å². The fourth-order valence-corrected chi connectivity index (χ4v) is 6.32. The topological polar surface area (TPSA) is 103 Å². The number of H-pyrrole nitrogens is 1. The van der Waals surface area contributed by atoms with Gasteiger partial charge in [-0.25, -0.2) is 9.59 Å². The Kier molecular flexibility index (Phi) is 7.87. The van der Waals surface area contributed by atoms with E-state index in [1.807, 2.05) is 24.3 Å². The molecule has 3 aromatic heterocycles. The molecular formula is C31H22ClF3N4O4S. The van der Waals surface area contributed by atoms with E-state index in [1.165, 1.54) is 10.6 Å². The van der Waals surface area contributed by atoms with E-state index in [4.69, 9.17) is 11.6 Å². The zero-order valence-electron chi connectivity index (χ0n) is 22.7. The molecule has 44 heavy (non-hydrogen) atoms. The average molecular weight is 639 g/mol. The van der Waals surface area contributed by atoms with Crippen molar-refractivity contribution in [3.8, 4) is 22.5 Å². The molecule has 0 fully saturated rings. The second kappa shape index (κ2) is 11.8. The lowest BCUT2D eigenvalue weighted by molar-refractivity contribution is -0.126. The van der Waals surface area contributed by atoms with Crippen molar-refractivity contribution in [1.82, 2.24) is 19.3 Å². The number of fused-ring (bicyclic) bond motifs is 1. The molecule has 0 amide bonds. The minimum atomic E-state index is -4.47. The van der Waals surface area contributed by atoms with Crippen LogP contribution in [0.1, 0.15) is 16.0 Å². The SMILES string of the molecule is O=c1[nH]c(-c2ccccc2-c2ccc(Cn3c(=O)n(CCc4ccc(Cl)cc4)c(=O)c4cc(CC(F)(F)F)sc43)cc2)no1. The van der Waals surface area contributed by atoms with Crippen LogP contribution in [-0.4, -0.2) is 25.5 Å². The van der Waals surface area contributed by atoms with Crippen LogP contribution < -0.4 is 17.0 Å². The first-order chi connectivity index (χ1) is 21.1. The van der Waals surface area contributed by atoms with E-state index in [-0.39, 0.29) is 34.0 Å². The number of benzene rings is 3. The van der Waals surface area contributed by atoms with Crippen molar-refractivity contribution in [3.05, 3.63) is 131 Å². The van der Waals surface area contributed by atoms with Crippen molar-refractivity contribution in [1.29, 1.82) is 0 Å². The number of aromatic amines is 1. The van der Waals surface area contributed by atoms with Gasteiger partial charge in [-0.2, -0.15) is 13.2 Å². The maximum Gasteiger partial charge on any atom is 0.439 e. The van der Waals surface area contributed by atoms with Gasteiger partial charge in [0.15, 0.2) is 5.82 Å². The molecular weight excluding hydrogens is 617 g/mol. The molecule has 0 radical (unpaired) electrons. The lowest BCUT2D eigenvalue weighted by Gasteiger charge is -2.13. The van der Waals surface area contributed by atoms with Gasteiger partial charge in [0, 0.05) is 22.0 Å². The molecule has 0 aliphatic carbocycles. The summed E-state index contributed by atoms with van der Waals surface area (Å²) in [6.45, 7) is 0.0701. The molecule has 0 spiro atoms. The fourth-order valence-electron chi connectivity index (χ4n) is 5.02. The van der Waals surface area contributed by atoms with Crippen molar-refractivity contribution in [2.24, 2.45) is 0 Å². The summed E-state index contributed by atoms with van der Waals surface area (Å²) in [6.07, 6.45) is -5.32. The summed E-state index contributed by atoms with van der Waals surface area (Å²) in [5.74, 6) is -0.403. The van der Waals surface area contributed by atoms with E-state index < -0.39 is 29.6 Å². The van der Waals surface area contributed by atoms with Gasteiger partial charge < -0.3 is 0 Å². The maximum atomic E-state index is 13.7. The van der Waals surface area contributed by atoms with Crippen molar-refractivity contribution in [2.75, 3.05) is 0 Å². The van der Waals surface area contributed by atoms with Crippen LogP contribution in [0.2, 0.25) is 5.02 Å². The summed E-state index contributed by atoms with van der Waals surface area (Å²) in [5.41, 5.74) is 2.52. The molecule has 6 aromatic rings. The van der Waals surface area contributed by atoms with Gasteiger partial charge in [-0.05, 0) is 46.9 Å². The van der Waals surface area contributed by atoms with Crippen LogP contribution in [0.5, 0.6) is 0 Å². The number of thiophene rings is 1. The Hall–Kier alpha value is -4.68. The van der Waals surface area contributed by atoms with Gasteiger partial charge in [0.1, 0.15) is 4.83 Å². The summed E-state index contributed by atoms with van der Waals surface area (Å²) < 4.78 is 46.8. The second-order valence-electron chi connectivity index (χ2n) is 10.1. The molecule has 0 bridgehead atoms. The molecule has 0 atom stereocenters. The molecule has 0 aliphatic heterocycles. The monoisotopic (exact) mass is 638 g/mol. The number of nitrogens with zero attached hydrogens (tertiary/aromatic N) is 3. The number of rotatable bonds is 8. The molecule has 0 saturated heterocycles. The van der Waals surface area contributed by atoms with Gasteiger partial charge in [0.25, 0.3) is 5.56 Å². The van der Waals surface area contributed by atoms with Crippen LogP contribution in [0.15, 0.2) is 97.8 Å². The Morgan fingerprint density at radius 3 is 2.23 bits per heavy atom. The Balaban J connectivity index is 1.37. The molecule has 6 rings (SSSR count). The Bertz CT molecular complexity index is 2140. The largest absolute Gasteiger partial charge is 0.439 e. The third-order valence-electron chi connectivity index (χ3n) is 7.09. The highest BCUT2D eigenvalue weighted by atomic mass is 35.5.